The van der Waals surface area contributed by atoms with E-state index in [2.05, 4.69) is 10.0 Å². The first kappa shape index (κ1) is 18.3. The number of azide groups is 1. The SMILES string of the molecule is CO[C@@H]1O[C@H](CO)[C@@H](O)[C@H](OC(=O)CCC(C)=O)[C@H]1N=[N+]=[N-]. The van der Waals surface area contributed by atoms with Gasteiger partial charge in [0.05, 0.1) is 13.0 Å². The zero-order valence-electron chi connectivity index (χ0n) is 12.3. The standard InChI is InChI=1S/C12H19N3O7/c1-6(17)3-4-8(18)22-11-9(14-15-13)12(20-2)21-7(5-16)10(11)19/h7,9-12,16,19H,3-5H2,1-2H3/t7-,9-,10-,11-,12-/m1/s1. The molecule has 0 aromatic heterocycles. The number of nitrogens with zero attached hydrogens (tertiary/aromatic N) is 3. The van der Waals surface area contributed by atoms with Crippen LogP contribution in [0.2, 0.25) is 0 Å². The number of aliphatic hydroxyl groups is 2. The van der Waals surface area contributed by atoms with Crippen LogP contribution in [0.5, 0.6) is 0 Å². The van der Waals surface area contributed by atoms with E-state index in [1.54, 1.807) is 0 Å². The molecule has 5 atom stereocenters. The topological polar surface area (TPSA) is 151 Å². The van der Waals surface area contributed by atoms with Gasteiger partial charge in [-0.1, -0.05) is 5.11 Å². The Morgan fingerprint density at radius 2 is 2.09 bits per heavy atom. The molecule has 1 rings (SSSR count). The van der Waals surface area contributed by atoms with Crippen molar-refractivity contribution in [3.8, 4) is 0 Å². The molecule has 0 aromatic carbocycles. The third kappa shape index (κ3) is 4.65. The number of hydrogen-bond donors (Lipinski definition) is 2. The van der Waals surface area contributed by atoms with E-state index in [4.69, 9.17) is 19.7 Å². The number of methoxy groups -OCH3 is 1. The highest BCUT2D eigenvalue weighted by Crippen LogP contribution is 2.27. The molecule has 0 amide bonds. The Balaban J connectivity index is 2.88. The van der Waals surface area contributed by atoms with Crippen LogP contribution < -0.4 is 0 Å². The number of rotatable bonds is 7. The minimum Gasteiger partial charge on any atom is -0.459 e. The van der Waals surface area contributed by atoms with Gasteiger partial charge in [-0.25, -0.2) is 0 Å². The lowest BCUT2D eigenvalue weighted by molar-refractivity contribution is -0.262. The lowest BCUT2D eigenvalue weighted by Gasteiger charge is -2.41. The van der Waals surface area contributed by atoms with Crippen molar-refractivity contribution in [1.82, 2.24) is 0 Å². The Morgan fingerprint density at radius 1 is 1.41 bits per heavy atom. The second-order valence-corrected chi connectivity index (χ2v) is 4.80. The number of esters is 1. The van der Waals surface area contributed by atoms with Gasteiger partial charge in [0.25, 0.3) is 0 Å². The molecule has 0 aliphatic carbocycles. The van der Waals surface area contributed by atoms with Crippen LogP contribution in [0.25, 0.3) is 10.4 Å². The molecule has 2 N–H and O–H groups in total. The molecule has 1 saturated heterocycles. The third-order valence-corrected chi connectivity index (χ3v) is 3.19. The van der Waals surface area contributed by atoms with Crippen LogP contribution in [0, 0.1) is 0 Å². The van der Waals surface area contributed by atoms with E-state index in [0.29, 0.717) is 0 Å². The van der Waals surface area contributed by atoms with Gasteiger partial charge < -0.3 is 29.2 Å². The molecule has 0 aromatic rings. The number of ketones is 1. The maximum Gasteiger partial charge on any atom is 0.306 e. The normalized spacial score (nSPS) is 31.2. The van der Waals surface area contributed by atoms with Gasteiger partial charge in [-0.05, 0) is 12.5 Å². The summed E-state index contributed by atoms with van der Waals surface area (Å²) < 4.78 is 15.3. The van der Waals surface area contributed by atoms with E-state index in [-0.39, 0.29) is 18.6 Å². The number of aliphatic hydroxyl groups excluding tert-OH is 2. The molecular formula is C12H19N3O7. The van der Waals surface area contributed by atoms with E-state index < -0.39 is 43.2 Å². The van der Waals surface area contributed by atoms with Crippen molar-refractivity contribution in [2.45, 2.75) is 50.4 Å². The van der Waals surface area contributed by atoms with Crippen LogP contribution in [0.1, 0.15) is 19.8 Å². The van der Waals surface area contributed by atoms with Crippen molar-refractivity contribution >= 4 is 11.8 Å². The molecule has 0 saturated carbocycles. The van der Waals surface area contributed by atoms with Crippen LogP contribution >= 0.6 is 0 Å². The fourth-order valence-corrected chi connectivity index (χ4v) is 2.06. The molecule has 1 fully saturated rings. The summed E-state index contributed by atoms with van der Waals surface area (Å²) in [4.78, 5) is 25.2. The summed E-state index contributed by atoms with van der Waals surface area (Å²) in [6.07, 6.45) is -4.94. The van der Waals surface area contributed by atoms with Crippen LogP contribution in [-0.2, 0) is 23.8 Å². The van der Waals surface area contributed by atoms with E-state index >= 15 is 0 Å². The summed E-state index contributed by atoms with van der Waals surface area (Å²) >= 11 is 0. The first-order chi connectivity index (χ1) is 10.4. The van der Waals surface area contributed by atoms with Crippen LogP contribution in [-0.4, -0.2) is 66.3 Å². The molecule has 0 unspecified atom stereocenters. The van der Waals surface area contributed by atoms with Gasteiger partial charge in [0.15, 0.2) is 6.29 Å². The molecule has 10 heteroatoms. The number of hydrogen-bond acceptors (Lipinski definition) is 8. The molecule has 1 aliphatic rings. The molecule has 10 nitrogen and oxygen atoms in total. The highest BCUT2D eigenvalue weighted by molar-refractivity contribution is 5.81. The fraction of sp³-hybridized carbons (Fsp3) is 0.833. The minimum atomic E-state index is -1.40. The summed E-state index contributed by atoms with van der Waals surface area (Å²) in [5.74, 6) is -0.912. The first-order valence-corrected chi connectivity index (χ1v) is 6.64. The van der Waals surface area contributed by atoms with Crippen molar-refractivity contribution < 1.29 is 34.0 Å². The predicted molar refractivity (Wildman–Crippen MR) is 71.5 cm³/mol. The van der Waals surface area contributed by atoms with Crippen molar-refractivity contribution in [3.63, 3.8) is 0 Å². The maximum atomic E-state index is 11.7. The number of carbonyl (C=O) groups excluding carboxylic acids is 2. The molecule has 0 bridgehead atoms. The average molecular weight is 317 g/mol. The monoisotopic (exact) mass is 317 g/mol. The van der Waals surface area contributed by atoms with Gasteiger partial charge in [0.2, 0.25) is 0 Å². The quantitative estimate of drug-likeness (QED) is 0.282. The first-order valence-electron chi connectivity index (χ1n) is 6.64. The van der Waals surface area contributed by atoms with E-state index in [9.17, 15) is 19.8 Å². The van der Waals surface area contributed by atoms with Gasteiger partial charge in [-0.15, -0.1) is 0 Å². The maximum absolute atomic E-state index is 11.7. The zero-order chi connectivity index (χ0) is 16.7. The van der Waals surface area contributed by atoms with Gasteiger partial charge in [0.1, 0.15) is 30.1 Å². The zero-order valence-corrected chi connectivity index (χ0v) is 12.3. The Labute approximate surface area is 126 Å². The van der Waals surface area contributed by atoms with Crippen molar-refractivity contribution in [1.29, 1.82) is 0 Å². The summed E-state index contributed by atoms with van der Waals surface area (Å²) in [6, 6.07) is -1.12. The molecule has 0 spiro atoms. The van der Waals surface area contributed by atoms with E-state index in [0.717, 1.165) is 0 Å². The largest absolute Gasteiger partial charge is 0.459 e. The summed E-state index contributed by atoms with van der Waals surface area (Å²) in [7, 11) is 1.28. The summed E-state index contributed by atoms with van der Waals surface area (Å²) in [5, 5.41) is 22.7. The minimum absolute atomic E-state index is 0.00146. The highest BCUT2D eigenvalue weighted by atomic mass is 16.7. The Morgan fingerprint density at radius 3 is 2.59 bits per heavy atom. The van der Waals surface area contributed by atoms with Gasteiger partial charge in [-0.3, -0.25) is 4.79 Å². The Hall–Kier alpha value is -1.71. The number of carbonyl (C=O) groups is 2. The smallest absolute Gasteiger partial charge is 0.306 e. The molecule has 1 heterocycles. The molecule has 22 heavy (non-hydrogen) atoms. The lowest BCUT2D eigenvalue weighted by atomic mass is 9.97. The second-order valence-electron chi connectivity index (χ2n) is 4.80. The Kier molecular flexibility index (Phi) is 7.22. The fourth-order valence-electron chi connectivity index (χ4n) is 2.06. The second kappa shape index (κ2) is 8.66. The Bertz CT molecular complexity index is 452. The molecule has 1 aliphatic heterocycles. The van der Waals surface area contributed by atoms with Crippen LogP contribution in [0.15, 0.2) is 5.11 Å². The van der Waals surface area contributed by atoms with Gasteiger partial charge in [-0.2, -0.15) is 0 Å². The molecule has 124 valence electrons. The van der Waals surface area contributed by atoms with Crippen molar-refractivity contribution in [3.05, 3.63) is 10.4 Å². The van der Waals surface area contributed by atoms with Crippen LogP contribution in [0.3, 0.4) is 0 Å². The average Bonchev–Trinajstić information content (AvgIpc) is 2.49. The third-order valence-electron chi connectivity index (χ3n) is 3.19. The van der Waals surface area contributed by atoms with Crippen molar-refractivity contribution in [2.24, 2.45) is 5.11 Å². The lowest BCUT2D eigenvalue weighted by Crippen LogP contribution is -2.59. The van der Waals surface area contributed by atoms with E-state index in [1.165, 1.54) is 14.0 Å². The summed E-state index contributed by atoms with van der Waals surface area (Å²) in [6.45, 7) is 0.799. The van der Waals surface area contributed by atoms with Gasteiger partial charge in [0, 0.05) is 18.4 Å². The molecule has 0 radical (unpaired) electrons. The molecular weight excluding hydrogens is 298 g/mol. The van der Waals surface area contributed by atoms with Crippen LogP contribution in [0.4, 0.5) is 0 Å². The van der Waals surface area contributed by atoms with Gasteiger partial charge >= 0.3 is 5.97 Å². The van der Waals surface area contributed by atoms with Crippen molar-refractivity contribution in [2.75, 3.05) is 13.7 Å². The summed E-state index contributed by atoms with van der Waals surface area (Å²) in [5.41, 5.74) is 8.60. The van der Waals surface area contributed by atoms with E-state index in [1.807, 2.05) is 0 Å². The predicted octanol–water partition coefficient (Wildman–Crippen LogP) is -0.329. The highest BCUT2D eigenvalue weighted by Gasteiger charge is 2.47. The number of Topliss-reactive ketones (excluding diaryl/α,β-unsaturated/α-hetero) is 1. The number of ether oxygens (including phenoxy) is 3.